The summed E-state index contributed by atoms with van der Waals surface area (Å²) in [7, 11) is 1.74. The van der Waals surface area contributed by atoms with Crippen LogP contribution in [0, 0.1) is 23.2 Å². The summed E-state index contributed by atoms with van der Waals surface area (Å²) in [5, 5.41) is 0. The highest BCUT2D eigenvalue weighted by Gasteiger charge is 2.59. The van der Waals surface area contributed by atoms with Crippen LogP contribution in [0.15, 0.2) is 23.0 Å². The zero-order valence-corrected chi connectivity index (χ0v) is 18.9. The first-order valence-electron chi connectivity index (χ1n) is 12.0. The molecule has 2 unspecified atom stereocenters. The second-order valence-electron chi connectivity index (χ2n) is 10.8. The number of hydrogen-bond acceptors (Lipinski definition) is 5. The van der Waals surface area contributed by atoms with Crippen molar-refractivity contribution in [3.05, 3.63) is 28.7 Å². The van der Waals surface area contributed by atoms with E-state index in [1.165, 1.54) is 0 Å². The van der Waals surface area contributed by atoms with Crippen molar-refractivity contribution in [2.24, 2.45) is 36.0 Å². The fraction of sp³-hybridized carbons (Fsp3) is 0.625. The zero-order valence-electron chi connectivity index (χ0n) is 18.9. The molecular weight excluding hydrogens is 422 g/mol. The number of hydrogen-bond donors (Lipinski definition) is 2. The van der Waals surface area contributed by atoms with Crippen molar-refractivity contribution < 1.29 is 14.3 Å². The van der Waals surface area contributed by atoms with Gasteiger partial charge >= 0.3 is 11.8 Å². The predicted molar refractivity (Wildman–Crippen MR) is 122 cm³/mol. The molecule has 9 heteroatoms. The molecule has 1 aliphatic heterocycles. The van der Waals surface area contributed by atoms with E-state index >= 15 is 0 Å². The van der Waals surface area contributed by atoms with Crippen LogP contribution >= 0.6 is 0 Å². The Kier molecular flexibility index (Phi) is 4.38. The number of ether oxygens (including phenoxy) is 1. The topological polar surface area (TPSA) is 126 Å². The number of carbonyl (C=O) groups is 2. The van der Waals surface area contributed by atoms with Gasteiger partial charge in [-0.3, -0.25) is 13.9 Å². The van der Waals surface area contributed by atoms with Crippen molar-refractivity contribution in [3.63, 3.8) is 0 Å². The molecule has 4 bridgehead atoms. The van der Waals surface area contributed by atoms with Crippen molar-refractivity contribution in [1.82, 2.24) is 14.0 Å². The molecule has 3 atom stereocenters. The SMILES string of the molecule is Cn1c(=O)n([C@H]2CCN(C(=O)O[C@H]3C4CC5CC3C[C@](C(N)=O)(C5)C4)C2)c2ccc(N)cc21. The van der Waals surface area contributed by atoms with Gasteiger partial charge in [0.25, 0.3) is 0 Å². The number of primary amides is 1. The van der Waals surface area contributed by atoms with Crippen molar-refractivity contribution in [2.45, 2.75) is 50.7 Å². The van der Waals surface area contributed by atoms with Gasteiger partial charge in [0.1, 0.15) is 6.10 Å². The number of amides is 2. The van der Waals surface area contributed by atoms with E-state index < -0.39 is 5.41 Å². The second kappa shape index (κ2) is 7.01. The van der Waals surface area contributed by atoms with Crippen LogP contribution in [0.1, 0.15) is 44.6 Å². The lowest BCUT2D eigenvalue weighted by Gasteiger charge is -2.58. The lowest BCUT2D eigenvalue weighted by Crippen LogP contribution is -2.59. The van der Waals surface area contributed by atoms with Crippen molar-refractivity contribution in [2.75, 3.05) is 18.8 Å². The Bertz CT molecular complexity index is 1200. The van der Waals surface area contributed by atoms with Gasteiger partial charge in [0, 0.05) is 25.8 Å². The third-order valence-electron chi connectivity index (χ3n) is 8.85. The summed E-state index contributed by atoms with van der Waals surface area (Å²) >= 11 is 0. The molecule has 4 N–H and O–H groups in total. The molecule has 2 amide bonds. The number of benzene rings is 1. The molecule has 0 radical (unpaired) electrons. The van der Waals surface area contributed by atoms with Crippen molar-refractivity contribution >= 4 is 28.7 Å². The van der Waals surface area contributed by atoms with Gasteiger partial charge in [-0.25, -0.2) is 9.59 Å². The maximum absolute atomic E-state index is 13.1. The number of anilines is 1. The fourth-order valence-corrected chi connectivity index (χ4v) is 7.51. The number of nitrogens with two attached hydrogens (primary N) is 2. The third-order valence-corrected chi connectivity index (χ3v) is 8.85. The average molecular weight is 454 g/mol. The van der Waals surface area contributed by atoms with Crippen molar-refractivity contribution in [3.8, 4) is 0 Å². The molecule has 4 aliphatic carbocycles. The third kappa shape index (κ3) is 3.00. The summed E-state index contributed by atoms with van der Waals surface area (Å²) in [4.78, 5) is 40.0. The van der Waals surface area contributed by atoms with Gasteiger partial charge in [-0.1, -0.05) is 0 Å². The van der Waals surface area contributed by atoms with Crippen LogP contribution in [0.3, 0.4) is 0 Å². The Morgan fingerprint density at radius 1 is 1.12 bits per heavy atom. The first-order chi connectivity index (χ1) is 15.8. The summed E-state index contributed by atoms with van der Waals surface area (Å²) in [5.74, 6) is 0.777. The number of likely N-dealkylation sites (tertiary alicyclic amines) is 1. The van der Waals surface area contributed by atoms with E-state index in [2.05, 4.69) is 0 Å². The number of aryl methyl sites for hydroxylation is 1. The average Bonchev–Trinajstić information content (AvgIpc) is 3.34. The Morgan fingerprint density at radius 3 is 2.55 bits per heavy atom. The fourth-order valence-electron chi connectivity index (χ4n) is 7.51. The molecule has 1 saturated heterocycles. The minimum Gasteiger partial charge on any atom is -0.446 e. The van der Waals surface area contributed by atoms with Gasteiger partial charge in [0.05, 0.1) is 22.5 Å². The van der Waals surface area contributed by atoms with E-state index in [0.29, 0.717) is 31.1 Å². The van der Waals surface area contributed by atoms with Crippen LogP contribution in [0.4, 0.5) is 10.5 Å². The predicted octanol–water partition coefficient (Wildman–Crippen LogP) is 1.99. The van der Waals surface area contributed by atoms with E-state index in [9.17, 15) is 14.4 Å². The Morgan fingerprint density at radius 2 is 1.85 bits per heavy atom. The molecule has 5 aliphatic rings. The number of carbonyl (C=O) groups excluding carboxylic acids is 2. The minimum absolute atomic E-state index is 0.103. The molecule has 33 heavy (non-hydrogen) atoms. The number of fused-ring (bicyclic) bond motifs is 1. The molecule has 2 aromatic rings. The van der Waals surface area contributed by atoms with Gasteiger partial charge in [-0.05, 0) is 74.5 Å². The molecule has 176 valence electrons. The second-order valence-corrected chi connectivity index (χ2v) is 10.8. The van der Waals surface area contributed by atoms with E-state index in [1.807, 2.05) is 6.07 Å². The lowest BCUT2D eigenvalue weighted by molar-refractivity contribution is -0.161. The number of imidazole rings is 1. The number of nitrogen functional groups attached to an aromatic ring is 1. The smallest absolute Gasteiger partial charge is 0.410 e. The summed E-state index contributed by atoms with van der Waals surface area (Å²) in [6.07, 6.45) is 4.67. The molecule has 1 aromatic heterocycles. The van der Waals surface area contributed by atoms with Crippen LogP contribution < -0.4 is 17.2 Å². The molecule has 4 saturated carbocycles. The number of nitrogens with zero attached hydrogens (tertiary/aromatic N) is 3. The maximum Gasteiger partial charge on any atom is 0.410 e. The first-order valence-corrected chi connectivity index (χ1v) is 12.0. The van der Waals surface area contributed by atoms with Crippen molar-refractivity contribution in [1.29, 1.82) is 0 Å². The van der Waals surface area contributed by atoms with Gasteiger partial charge in [-0.2, -0.15) is 0 Å². The summed E-state index contributed by atoms with van der Waals surface area (Å²) < 4.78 is 9.47. The highest BCUT2D eigenvalue weighted by atomic mass is 16.6. The molecule has 0 spiro atoms. The maximum atomic E-state index is 13.1. The summed E-state index contributed by atoms with van der Waals surface area (Å²) in [5.41, 5.74) is 13.4. The normalized spacial score (nSPS) is 34.8. The van der Waals surface area contributed by atoms with Gasteiger partial charge in [0.2, 0.25) is 5.91 Å². The van der Waals surface area contributed by atoms with E-state index in [0.717, 1.165) is 43.1 Å². The van der Waals surface area contributed by atoms with Gasteiger partial charge < -0.3 is 21.1 Å². The van der Waals surface area contributed by atoms with Crippen LogP contribution in [0.2, 0.25) is 0 Å². The lowest BCUT2D eigenvalue weighted by atomic mass is 9.48. The zero-order chi connectivity index (χ0) is 23.1. The molecule has 5 fully saturated rings. The Labute approximate surface area is 191 Å². The molecule has 9 nitrogen and oxygen atoms in total. The standard InChI is InChI=1S/C24H31N5O4/c1-27-19-8-16(25)2-3-18(19)29(22(27)31)17-4-5-28(12-17)23(32)33-20-14-6-13-7-15(20)11-24(9-13,10-14)21(26)30/h2-3,8,13-15,17,20H,4-7,9-12,25H2,1H3,(H2,26,30)/t13?,14?,15?,17-,20-,24-/m0/s1. The van der Waals surface area contributed by atoms with E-state index in [-0.39, 0.29) is 41.7 Å². The van der Waals surface area contributed by atoms with Crippen LogP contribution in [0.25, 0.3) is 11.0 Å². The van der Waals surface area contributed by atoms with Gasteiger partial charge in [-0.15, -0.1) is 0 Å². The Hall–Kier alpha value is -2.97. The highest BCUT2D eigenvalue weighted by Crippen LogP contribution is 2.60. The molecule has 7 rings (SSSR count). The summed E-state index contributed by atoms with van der Waals surface area (Å²) in [6.45, 7) is 0.995. The molecular formula is C24H31N5O4. The largest absolute Gasteiger partial charge is 0.446 e. The quantitative estimate of drug-likeness (QED) is 0.688. The number of aromatic nitrogens is 2. The number of rotatable bonds is 3. The minimum atomic E-state index is -0.392. The van der Waals surface area contributed by atoms with Crippen LogP contribution in [-0.4, -0.2) is 45.2 Å². The summed E-state index contributed by atoms with van der Waals surface area (Å²) in [6, 6.07) is 5.37. The first kappa shape index (κ1) is 20.6. The Balaban J connectivity index is 1.18. The van der Waals surface area contributed by atoms with E-state index in [1.54, 1.807) is 33.2 Å². The molecule has 2 heterocycles. The van der Waals surface area contributed by atoms with Crippen LogP contribution in [0.5, 0.6) is 0 Å². The van der Waals surface area contributed by atoms with Gasteiger partial charge in [0.15, 0.2) is 0 Å². The molecule has 1 aromatic carbocycles. The van der Waals surface area contributed by atoms with E-state index in [4.69, 9.17) is 16.2 Å². The monoisotopic (exact) mass is 453 g/mol. The van der Waals surface area contributed by atoms with Crippen LogP contribution in [-0.2, 0) is 16.6 Å². The highest BCUT2D eigenvalue weighted by molar-refractivity contribution is 5.81.